The number of rotatable bonds is 5. The summed E-state index contributed by atoms with van der Waals surface area (Å²) in [4.78, 5) is 0. The number of nitrogens with one attached hydrogen (secondary N) is 1. The van der Waals surface area contributed by atoms with Crippen molar-refractivity contribution in [3.05, 3.63) is 23.3 Å². The van der Waals surface area contributed by atoms with Gasteiger partial charge in [0, 0.05) is 12.1 Å². The molecule has 0 amide bonds. The molecule has 2 rings (SSSR count). The Hall–Kier alpha value is -1.26. The Balaban J connectivity index is 2.00. The average Bonchev–Trinajstić information content (AvgIpc) is 2.39. The molecule has 3 N–H and O–H groups in total. The number of ether oxygens (including phenoxy) is 2. The highest BCUT2D eigenvalue weighted by molar-refractivity contribution is 5.47. The fraction of sp³-hybridized carbons (Fsp3) is 0.600. The first-order valence-electron chi connectivity index (χ1n) is 6.86. The van der Waals surface area contributed by atoms with Gasteiger partial charge in [0.2, 0.25) is 0 Å². The molecular weight excluding hydrogens is 240 g/mol. The second kappa shape index (κ2) is 5.80. The summed E-state index contributed by atoms with van der Waals surface area (Å²) in [6.07, 6.45) is 0.964. The van der Waals surface area contributed by atoms with Crippen molar-refractivity contribution in [3.63, 3.8) is 0 Å². The van der Waals surface area contributed by atoms with Crippen molar-refractivity contribution in [2.75, 3.05) is 26.3 Å². The molecule has 106 valence electrons. The molecule has 0 unspecified atom stereocenters. The van der Waals surface area contributed by atoms with E-state index in [4.69, 9.17) is 15.2 Å². The molecule has 0 saturated carbocycles. The highest BCUT2D eigenvalue weighted by Gasteiger charge is 2.16. The largest absolute Gasteiger partial charge is 0.486 e. The van der Waals surface area contributed by atoms with E-state index in [0.717, 1.165) is 24.5 Å². The summed E-state index contributed by atoms with van der Waals surface area (Å²) in [6, 6.07) is 4.17. The summed E-state index contributed by atoms with van der Waals surface area (Å²) in [5, 5.41) is 3.47. The number of hydrogen-bond acceptors (Lipinski definition) is 4. The summed E-state index contributed by atoms with van der Waals surface area (Å²) >= 11 is 0. The van der Waals surface area contributed by atoms with Crippen molar-refractivity contribution in [2.45, 2.75) is 32.7 Å². The van der Waals surface area contributed by atoms with Crippen LogP contribution in [0.15, 0.2) is 12.1 Å². The van der Waals surface area contributed by atoms with E-state index < -0.39 is 0 Å². The van der Waals surface area contributed by atoms with Crippen LogP contribution in [0.2, 0.25) is 0 Å². The van der Waals surface area contributed by atoms with Crippen LogP contribution in [0.5, 0.6) is 11.5 Å². The quantitative estimate of drug-likeness (QED) is 0.849. The van der Waals surface area contributed by atoms with E-state index in [-0.39, 0.29) is 5.54 Å². The van der Waals surface area contributed by atoms with Crippen molar-refractivity contribution in [1.29, 1.82) is 0 Å². The number of nitrogens with two attached hydrogens (primary N) is 1. The lowest BCUT2D eigenvalue weighted by Crippen LogP contribution is -2.46. The van der Waals surface area contributed by atoms with Gasteiger partial charge in [-0.2, -0.15) is 0 Å². The van der Waals surface area contributed by atoms with Crippen LogP contribution in [0.4, 0.5) is 0 Å². The SMILES string of the molecule is Cc1cc2c(cc1CCNC(C)(C)CN)OCCO2. The van der Waals surface area contributed by atoms with E-state index in [9.17, 15) is 0 Å². The predicted octanol–water partition coefficient (Wildman–Crippen LogP) is 1.64. The van der Waals surface area contributed by atoms with Gasteiger partial charge in [-0.15, -0.1) is 0 Å². The molecule has 1 aliphatic heterocycles. The number of aryl methyl sites for hydroxylation is 1. The topological polar surface area (TPSA) is 56.5 Å². The van der Waals surface area contributed by atoms with Crippen LogP contribution in [-0.2, 0) is 6.42 Å². The Labute approximate surface area is 115 Å². The molecule has 1 aliphatic rings. The first-order chi connectivity index (χ1) is 9.02. The predicted molar refractivity (Wildman–Crippen MR) is 77.0 cm³/mol. The maximum atomic E-state index is 5.71. The highest BCUT2D eigenvalue weighted by atomic mass is 16.6. The summed E-state index contributed by atoms with van der Waals surface area (Å²) in [6.45, 7) is 9.15. The molecular formula is C15H24N2O2. The first-order valence-corrected chi connectivity index (χ1v) is 6.86. The van der Waals surface area contributed by atoms with Crippen molar-refractivity contribution in [2.24, 2.45) is 5.73 Å². The zero-order chi connectivity index (χ0) is 13.9. The molecule has 4 heteroatoms. The molecule has 0 spiro atoms. The summed E-state index contributed by atoms with van der Waals surface area (Å²) < 4.78 is 11.2. The molecule has 0 saturated heterocycles. The number of fused-ring (bicyclic) bond motifs is 1. The monoisotopic (exact) mass is 264 g/mol. The number of benzene rings is 1. The van der Waals surface area contributed by atoms with E-state index in [0.29, 0.717) is 19.8 Å². The third-order valence-electron chi connectivity index (χ3n) is 3.51. The van der Waals surface area contributed by atoms with Gasteiger partial charge in [-0.3, -0.25) is 0 Å². The molecule has 4 nitrogen and oxygen atoms in total. The van der Waals surface area contributed by atoms with Gasteiger partial charge < -0.3 is 20.5 Å². The van der Waals surface area contributed by atoms with Gasteiger partial charge in [-0.1, -0.05) is 0 Å². The lowest BCUT2D eigenvalue weighted by atomic mass is 10.0. The third-order valence-corrected chi connectivity index (χ3v) is 3.51. The second-order valence-corrected chi connectivity index (χ2v) is 5.69. The molecule has 0 aliphatic carbocycles. The zero-order valence-electron chi connectivity index (χ0n) is 12.1. The van der Waals surface area contributed by atoms with Gasteiger partial charge in [-0.05, 0) is 57.0 Å². The van der Waals surface area contributed by atoms with E-state index >= 15 is 0 Å². The van der Waals surface area contributed by atoms with Gasteiger partial charge in [0.25, 0.3) is 0 Å². The molecule has 19 heavy (non-hydrogen) atoms. The van der Waals surface area contributed by atoms with E-state index in [2.05, 4.69) is 38.2 Å². The Morgan fingerprint density at radius 3 is 2.47 bits per heavy atom. The van der Waals surface area contributed by atoms with Crippen LogP contribution in [0.3, 0.4) is 0 Å². The fourth-order valence-corrected chi connectivity index (χ4v) is 2.11. The molecule has 0 radical (unpaired) electrons. The van der Waals surface area contributed by atoms with Gasteiger partial charge in [0.05, 0.1) is 0 Å². The minimum Gasteiger partial charge on any atom is -0.486 e. The van der Waals surface area contributed by atoms with Crippen molar-refractivity contribution in [3.8, 4) is 11.5 Å². The Bertz CT molecular complexity index is 444. The maximum Gasteiger partial charge on any atom is 0.161 e. The second-order valence-electron chi connectivity index (χ2n) is 5.69. The maximum absolute atomic E-state index is 5.71. The van der Waals surface area contributed by atoms with E-state index in [1.807, 2.05) is 0 Å². The summed E-state index contributed by atoms with van der Waals surface area (Å²) in [5.74, 6) is 1.73. The van der Waals surface area contributed by atoms with Crippen LogP contribution in [0, 0.1) is 6.92 Å². The minimum atomic E-state index is -0.0122. The van der Waals surface area contributed by atoms with Crippen molar-refractivity contribution < 1.29 is 9.47 Å². The highest BCUT2D eigenvalue weighted by Crippen LogP contribution is 2.33. The Morgan fingerprint density at radius 2 is 1.84 bits per heavy atom. The lowest BCUT2D eigenvalue weighted by Gasteiger charge is -2.25. The molecule has 1 aromatic carbocycles. The molecule has 1 heterocycles. The normalized spacial score (nSPS) is 14.5. The van der Waals surface area contributed by atoms with E-state index in [1.54, 1.807) is 0 Å². The standard InChI is InChI=1S/C15H24N2O2/c1-11-8-13-14(19-7-6-18-13)9-12(11)4-5-17-15(2,3)10-16/h8-9,17H,4-7,10,16H2,1-3H3. The molecule has 0 aromatic heterocycles. The fourth-order valence-electron chi connectivity index (χ4n) is 2.11. The van der Waals surface area contributed by atoms with Gasteiger partial charge in [0.1, 0.15) is 13.2 Å². The molecule has 0 fully saturated rings. The van der Waals surface area contributed by atoms with Crippen LogP contribution >= 0.6 is 0 Å². The smallest absolute Gasteiger partial charge is 0.161 e. The zero-order valence-corrected chi connectivity index (χ0v) is 12.1. The van der Waals surface area contributed by atoms with Crippen molar-refractivity contribution >= 4 is 0 Å². The van der Waals surface area contributed by atoms with Crippen LogP contribution < -0.4 is 20.5 Å². The Kier molecular flexibility index (Phi) is 4.32. The van der Waals surface area contributed by atoms with Gasteiger partial charge in [0.15, 0.2) is 11.5 Å². The summed E-state index contributed by atoms with van der Waals surface area (Å²) in [7, 11) is 0. The van der Waals surface area contributed by atoms with Crippen LogP contribution in [-0.4, -0.2) is 31.8 Å². The van der Waals surface area contributed by atoms with E-state index in [1.165, 1.54) is 11.1 Å². The minimum absolute atomic E-state index is 0.0122. The Morgan fingerprint density at radius 1 is 1.21 bits per heavy atom. The lowest BCUT2D eigenvalue weighted by molar-refractivity contribution is 0.171. The molecule has 1 aromatic rings. The average molecular weight is 264 g/mol. The summed E-state index contributed by atoms with van der Waals surface area (Å²) in [5.41, 5.74) is 8.24. The number of hydrogen-bond donors (Lipinski definition) is 2. The van der Waals surface area contributed by atoms with Gasteiger partial charge >= 0.3 is 0 Å². The first kappa shape index (κ1) is 14.2. The van der Waals surface area contributed by atoms with Gasteiger partial charge in [-0.25, -0.2) is 0 Å². The molecule has 0 bridgehead atoms. The molecule has 0 atom stereocenters. The van der Waals surface area contributed by atoms with Crippen LogP contribution in [0.25, 0.3) is 0 Å². The van der Waals surface area contributed by atoms with Crippen molar-refractivity contribution in [1.82, 2.24) is 5.32 Å². The third kappa shape index (κ3) is 3.61. The van der Waals surface area contributed by atoms with Crippen LogP contribution in [0.1, 0.15) is 25.0 Å².